The Balaban J connectivity index is 1.85. The lowest BCUT2D eigenvalue weighted by molar-refractivity contribution is -0.210. The number of hydrogen-bond donors (Lipinski definition) is 3. The van der Waals surface area contributed by atoms with Gasteiger partial charge in [-0.1, -0.05) is 30.9 Å². The van der Waals surface area contributed by atoms with E-state index in [1.807, 2.05) is 19.1 Å². The van der Waals surface area contributed by atoms with E-state index in [0.717, 1.165) is 18.4 Å². The van der Waals surface area contributed by atoms with Gasteiger partial charge in [-0.2, -0.15) is 0 Å². The Bertz CT molecular complexity index is 855. The van der Waals surface area contributed by atoms with Gasteiger partial charge in [-0.25, -0.2) is 14.8 Å². The summed E-state index contributed by atoms with van der Waals surface area (Å²) in [6, 6.07) is -1.15. The summed E-state index contributed by atoms with van der Waals surface area (Å²) in [5.74, 6) is -1.26. The van der Waals surface area contributed by atoms with Crippen LogP contribution in [0.5, 0.6) is 0 Å². The Kier molecular flexibility index (Phi) is 9.44. The minimum atomic E-state index is -1.05. The Morgan fingerprint density at radius 1 is 1.34 bits per heavy atom. The van der Waals surface area contributed by atoms with Gasteiger partial charge in [-0.05, 0) is 31.8 Å². The van der Waals surface area contributed by atoms with Gasteiger partial charge in [-0.15, -0.1) is 0 Å². The monoisotopic (exact) mass is 491 g/mol. The van der Waals surface area contributed by atoms with Crippen LogP contribution in [0.3, 0.4) is 0 Å². The fourth-order valence-electron chi connectivity index (χ4n) is 5.02. The van der Waals surface area contributed by atoms with Gasteiger partial charge in [0.2, 0.25) is 5.91 Å². The highest BCUT2D eigenvalue weighted by Crippen LogP contribution is 2.31. The predicted octanol–water partition coefficient (Wildman–Crippen LogP) is 0.748. The van der Waals surface area contributed by atoms with Crippen LogP contribution in [0, 0.1) is 0 Å². The Hall–Kier alpha value is -2.73. The van der Waals surface area contributed by atoms with E-state index in [1.165, 1.54) is 9.91 Å². The SMILES string of the molecule is C=C/C=C(\C=C/C)CNC(=O)N1[C@H]2CN(CC3CCCO3)C(O)[C@H](CCC(=O)O)N2C(=O)CN1C. The number of piperazine rings is 1. The predicted molar refractivity (Wildman–Crippen MR) is 129 cm³/mol. The number of hydrogen-bond acceptors (Lipinski definition) is 7. The van der Waals surface area contributed by atoms with Gasteiger partial charge in [0.25, 0.3) is 0 Å². The van der Waals surface area contributed by atoms with Crippen molar-refractivity contribution in [2.75, 3.05) is 39.8 Å². The van der Waals surface area contributed by atoms with Gasteiger partial charge < -0.3 is 25.2 Å². The molecule has 4 atom stereocenters. The van der Waals surface area contributed by atoms with Crippen LogP contribution in [0.1, 0.15) is 32.6 Å². The molecule has 3 N–H and O–H groups in total. The van der Waals surface area contributed by atoms with Crippen LogP contribution in [0.2, 0.25) is 0 Å². The quantitative estimate of drug-likeness (QED) is 0.404. The first-order chi connectivity index (χ1) is 16.8. The molecule has 3 aliphatic rings. The highest BCUT2D eigenvalue weighted by molar-refractivity contribution is 5.83. The first-order valence-electron chi connectivity index (χ1n) is 12.1. The molecule has 3 saturated heterocycles. The molecule has 11 heteroatoms. The van der Waals surface area contributed by atoms with Crippen LogP contribution >= 0.6 is 0 Å². The molecule has 11 nitrogen and oxygen atoms in total. The molecule has 35 heavy (non-hydrogen) atoms. The number of nitrogens with zero attached hydrogens (tertiary/aromatic N) is 4. The van der Waals surface area contributed by atoms with E-state index in [1.54, 1.807) is 29.1 Å². The van der Waals surface area contributed by atoms with Gasteiger partial charge in [0.1, 0.15) is 12.4 Å². The van der Waals surface area contributed by atoms with Crippen molar-refractivity contribution in [2.24, 2.45) is 0 Å². The number of hydrazine groups is 1. The first kappa shape index (κ1) is 26.9. The van der Waals surface area contributed by atoms with E-state index in [4.69, 9.17) is 4.74 Å². The van der Waals surface area contributed by atoms with Crippen LogP contribution in [-0.4, -0.2) is 112 Å². The van der Waals surface area contributed by atoms with Gasteiger partial charge in [0, 0.05) is 39.7 Å². The lowest BCUT2D eigenvalue weighted by Gasteiger charge is -2.56. The zero-order valence-corrected chi connectivity index (χ0v) is 20.5. The number of ether oxygens (including phenoxy) is 1. The highest BCUT2D eigenvalue weighted by atomic mass is 16.5. The van der Waals surface area contributed by atoms with Crippen molar-refractivity contribution in [1.82, 2.24) is 25.1 Å². The molecule has 0 aromatic heterocycles. The lowest BCUT2D eigenvalue weighted by Crippen LogP contribution is -2.77. The standard InChI is InChI=1S/C24H37N5O6/c1-4-7-17(8-5-2)13-25-24(34)29-20-15-27(14-18-9-6-12-35-18)23(33)19(10-11-22(31)32)28(20)21(30)16-26(29)3/h4-5,7-8,18-20,23,33H,1,6,9-16H2,2-3H3,(H,25,34)(H,31,32)/b8-5-,17-7+/t18?,19-,20-,23?/m0/s1. The Morgan fingerprint density at radius 3 is 2.74 bits per heavy atom. The third-order valence-electron chi connectivity index (χ3n) is 6.58. The zero-order valence-electron chi connectivity index (χ0n) is 20.5. The molecular formula is C24H37N5O6. The zero-order chi connectivity index (χ0) is 25.5. The molecule has 0 aliphatic carbocycles. The number of carbonyl (C=O) groups excluding carboxylic acids is 2. The molecule has 3 rings (SSSR count). The molecule has 0 aromatic rings. The Labute approximate surface area is 206 Å². The second-order valence-electron chi connectivity index (χ2n) is 9.08. The van der Waals surface area contributed by atoms with Crippen molar-refractivity contribution in [3.63, 3.8) is 0 Å². The van der Waals surface area contributed by atoms with Gasteiger partial charge in [-0.3, -0.25) is 14.5 Å². The second kappa shape index (κ2) is 12.3. The van der Waals surface area contributed by atoms with Gasteiger partial charge in [0.05, 0.1) is 18.7 Å². The van der Waals surface area contributed by atoms with E-state index in [2.05, 4.69) is 11.9 Å². The van der Waals surface area contributed by atoms with Crippen LogP contribution in [0.4, 0.5) is 4.79 Å². The molecule has 0 radical (unpaired) electrons. The smallest absolute Gasteiger partial charge is 0.334 e. The number of amides is 3. The van der Waals surface area contributed by atoms with E-state index >= 15 is 0 Å². The number of carboxylic acid groups (broad SMARTS) is 1. The average Bonchev–Trinajstić information content (AvgIpc) is 3.31. The summed E-state index contributed by atoms with van der Waals surface area (Å²) in [6.45, 7) is 7.12. The summed E-state index contributed by atoms with van der Waals surface area (Å²) in [7, 11) is 1.67. The molecule has 0 spiro atoms. The van der Waals surface area contributed by atoms with Crippen LogP contribution in [-0.2, 0) is 14.3 Å². The van der Waals surface area contributed by atoms with Crippen LogP contribution in [0.15, 0.2) is 36.5 Å². The first-order valence-corrected chi connectivity index (χ1v) is 12.1. The molecular weight excluding hydrogens is 454 g/mol. The summed E-state index contributed by atoms with van der Waals surface area (Å²) in [5.41, 5.74) is 0.863. The summed E-state index contributed by atoms with van der Waals surface area (Å²) < 4.78 is 5.75. The minimum Gasteiger partial charge on any atom is -0.481 e. The van der Waals surface area contributed by atoms with E-state index < -0.39 is 24.4 Å². The largest absolute Gasteiger partial charge is 0.481 e. The van der Waals surface area contributed by atoms with Crippen molar-refractivity contribution >= 4 is 17.9 Å². The number of aliphatic hydroxyl groups excluding tert-OH is 1. The minimum absolute atomic E-state index is 0.0527. The van der Waals surface area contributed by atoms with Gasteiger partial charge >= 0.3 is 12.0 Å². The van der Waals surface area contributed by atoms with Crippen molar-refractivity contribution in [1.29, 1.82) is 0 Å². The molecule has 0 bridgehead atoms. The number of carboxylic acids is 1. The second-order valence-corrected chi connectivity index (χ2v) is 9.08. The maximum atomic E-state index is 13.3. The Morgan fingerprint density at radius 2 is 2.11 bits per heavy atom. The number of nitrogens with one attached hydrogen (secondary N) is 1. The molecule has 2 unspecified atom stereocenters. The molecule has 3 fully saturated rings. The number of likely N-dealkylation sites (N-methyl/N-ethyl adjacent to an activating group) is 1. The van der Waals surface area contributed by atoms with Crippen molar-refractivity contribution in [3.05, 3.63) is 36.5 Å². The maximum absolute atomic E-state index is 13.3. The number of rotatable bonds is 9. The van der Waals surface area contributed by atoms with Crippen molar-refractivity contribution in [2.45, 2.75) is 57.1 Å². The summed E-state index contributed by atoms with van der Waals surface area (Å²) >= 11 is 0. The summed E-state index contributed by atoms with van der Waals surface area (Å²) in [4.78, 5) is 41.0. The summed E-state index contributed by atoms with van der Waals surface area (Å²) in [5, 5.41) is 26.4. The lowest BCUT2D eigenvalue weighted by atomic mass is 10.00. The number of fused-ring (bicyclic) bond motifs is 1. The van der Waals surface area contributed by atoms with Crippen LogP contribution in [0.25, 0.3) is 0 Å². The van der Waals surface area contributed by atoms with Crippen molar-refractivity contribution < 1.29 is 29.3 Å². The third kappa shape index (κ3) is 6.49. The maximum Gasteiger partial charge on any atom is 0.334 e. The van der Waals surface area contributed by atoms with E-state index in [0.29, 0.717) is 13.2 Å². The number of urea groups is 1. The highest BCUT2D eigenvalue weighted by Gasteiger charge is 2.51. The third-order valence-corrected chi connectivity index (χ3v) is 6.58. The van der Waals surface area contributed by atoms with Crippen LogP contribution < -0.4 is 5.32 Å². The molecule has 3 heterocycles. The number of allylic oxidation sites excluding steroid dienone is 3. The molecule has 194 valence electrons. The number of aliphatic carboxylic acids is 1. The van der Waals surface area contributed by atoms with Crippen molar-refractivity contribution in [3.8, 4) is 0 Å². The summed E-state index contributed by atoms with van der Waals surface area (Å²) in [6.07, 6.45) is 7.07. The topological polar surface area (TPSA) is 126 Å². The number of carbonyl (C=O) groups is 3. The van der Waals surface area contributed by atoms with E-state index in [9.17, 15) is 24.6 Å². The normalized spacial score (nSPS) is 28.4. The molecule has 0 aromatic carbocycles. The molecule has 0 saturated carbocycles. The average molecular weight is 492 g/mol. The number of aliphatic hydroxyl groups is 1. The fourth-order valence-corrected chi connectivity index (χ4v) is 5.02. The van der Waals surface area contributed by atoms with E-state index in [-0.39, 0.29) is 50.5 Å². The van der Waals surface area contributed by atoms with Gasteiger partial charge in [0.15, 0.2) is 0 Å². The molecule has 3 aliphatic heterocycles. The molecule has 3 amide bonds. The fraction of sp³-hybridized carbons (Fsp3) is 0.625.